The van der Waals surface area contributed by atoms with Gasteiger partial charge in [-0.2, -0.15) is 0 Å². The first-order chi connectivity index (χ1) is 24.3. The lowest BCUT2D eigenvalue weighted by atomic mass is 9.91. The third kappa shape index (κ3) is 6.43. The first kappa shape index (κ1) is 29.9. The summed E-state index contributed by atoms with van der Waals surface area (Å²) in [6.07, 6.45) is 0. The Morgan fingerprint density at radius 2 is 0.510 bits per heavy atom. The first-order valence-electron chi connectivity index (χ1n) is 16.8. The Bertz CT molecular complexity index is 2290. The minimum Gasteiger partial charge on any atom is -0.311 e. The molecule has 0 fully saturated rings. The van der Waals surface area contributed by atoms with Crippen LogP contribution in [-0.4, -0.2) is 0 Å². The van der Waals surface area contributed by atoms with Crippen molar-refractivity contribution in [3.8, 4) is 55.6 Å². The summed E-state index contributed by atoms with van der Waals surface area (Å²) < 4.78 is 0. The molecule has 1 heteroatoms. The summed E-state index contributed by atoms with van der Waals surface area (Å²) in [5.41, 5.74) is 15.5. The average Bonchev–Trinajstić information content (AvgIpc) is 3.20. The van der Waals surface area contributed by atoms with Gasteiger partial charge in [0.25, 0.3) is 0 Å². The Morgan fingerprint density at radius 3 is 0.980 bits per heavy atom. The quantitative estimate of drug-likeness (QED) is 0.162. The number of anilines is 3. The molecular weight excluding hydrogens is 591 g/mol. The smallest absolute Gasteiger partial charge is 0.0462 e. The fourth-order valence-electron chi connectivity index (χ4n) is 6.61. The molecule has 0 N–H and O–H groups in total. The molecule has 8 rings (SSSR count). The molecule has 0 spiro atoms. The second kappa shape index (κ2) is 13.7. The van der Waals surface area contributed by atoms with Crippen LogP contribution in [0.15, 0.2) is 212 Å². The monoisotopic (exact) mass is 625 g/mol. The summed E-state index contributed by atoms with van der Waals surface area (Å²) in [7, 11) is 0. The maximum Gasteiger partial charge on any atom is 0.0462 e. The van der Waals surface area contributed by atoms with Gasteiger partial charge in [0.1, 0.15) is 0 Å². The van der Waals surface area contributed by atoms with Crippen LogP contribution in [0.1, 0.15) is 0 Å². The lowest BCUT2D eigenvalue weighted by Gasteiger charge is -2.26. The fraction of sp³-hybridized carbons (Fsp3) is 0. The van der Waals surface area contributed by atoms with Gasteiger partial charge < -0.3 is 4.90 Å². The molecule has 0 amide bonds. The SMILES string of the molecule is c1ccc(-c2ccc(N(c3ccccc3)c3ccc(-c4cccc(-c5ccccc5-c5cccc(-c6ccccc6)c5)c4)cc3)cc2)cc1. The van der Waals surface area contributed by atoms with Crippen LogP contribution in [0, 0.1) is 0 Å². The van der Waals surface area contributed by atoms with Gasteiger partial charge in [-0.15, -0.1) is 0 Å². The van der Waals surface area contributed by atoms with E-state index < -0.39 is 0 Å². The van der Waals surface area contributed by atoms with E-state index in [0.717, 1.165) is 17.1 Å². The van der Waals surface area contributed by atoms with Crippen molar-refractivity contribution >= 4 is 17.1 Å². The van der Waals surface area contributed by atoms with Gasteiger partial charge in [-0.3, -0.25) is 0 Å². The van der Waals surface area contributed by atoms with Crippen LogP contribution in [0.2, 0.25) is 0 Å². The van der Waals surface area contributed by atoms with E-state index in [1.165, 1.54) is 55.6 Å². The average molecular weight is 626 g/mol. The van der Waals surface area contributed by atoms with Gasteiger partial charge in [0, 0.05) is 17.1 Å². The lowest BCUT2D eigenvalue weighted by molar-refractivity contribution is 1.28. The Kier molecular flexibility index (Phi) is 8.39. The van der Waals surface area contributed by atoms with Gasteiger partial charge in [0.2, 0.25) is 0 Å². The Balaban J connectivity index is 1.11. The zero-order valence-electron chi connectivity index (χ0n) is 27.2. The molecule has 0 atom stereocenters. The van der Waals surface area contributed by atoms with Gasteiger partial charge in [-0.05, 0) is 104 Å². The second-order valence-corrected chi connectivity index (χ2v) is 12.2. The van der Waals surface area contributed by atoms with Crippen LogP contribution in [0.3, 0.4) is 0 Å². The minimum atomic E-state index is 1.11. The molecule has 232 valence electrons. The molecule has 0 aliphatic heterocycles. The highest BCUT2D eigenvalue weighted by atomic mass is 15.1. The molecule has 0 radical (unpaired) electrons. The Labute approximate surface area is 289 Å². The maximum absolute atomic E-state index is 2.31. The van der Waals surface area contributed by atoms with E-state index in [1.807, 2.05) is 0 Å². The normalized spacial score (nSPS) is 10.9. The van der Waals surface area contributed by atoms with Crippen molar-refractivity contribution < 1.29 is 0 Å². The molecule has 49 heavy (non-hydrogen) atoms. The largest absolute Gasteiger partial charge is 0.311 e. The molecule has 0 saturated heterocycles. The highest BCUT2D eigenvalue weighted by Crippen LogP contribution is 2.38. The number of rotatable bonds is 8. The van der Waals surface area contributed by atoms with E-state index in [1.54, 1.807) is 0 Å². The topological polar surface area (TPSA) is 3.24 Å². The predicted octanol–water partition coefficient (Wildman–Crippen LogP) is 13.5. The van der Waals surface area contributed by atoms with E-state index in [0.29, 0.717) is 0 Å². The highest BCUT2D eigenvalue weighted by molar-refractivity contribution is 5.87. The molecule has 0 heterocycles. The third-order valence-corrected chi connectivity index (χ3v) is 9.09. The summed E-state index contributed by atoms with van der Waals surface area (Å²) in [6, 6.07) is 75.9. The third-order valence-electron chi connectivity index (χ3n) is 9.09. The molecule has 0 aliphatic rings. The van der Waals surface area contributed by atoms with E-state index >= 15 is 0 Å². The van der Waals surface area contributed by atoms with Crippen molar-refractivity contribution in [2.45, 2.75) is 0 Å². The van der Waals surface area contributed by atoms with Gasteiger partial charge in [-0.25, -0.2) is 0 Å². The van der Waals surface area contributed by atoms with E-state index in [4.69, 9.17) is 0 Å². The van der Waals surface area contributed by atoms with Crippen LogP contribution in [0.25, 0.3) is 55.6 Å². The minimum absolute atomic E-state index is 1.11. The van der Waals surface area contributed by atoms with Crippen LogP contribution < -0.4 is 4.90 Å². The summed E-state index contributed by atoms with van der Waals surface area (Å²) in [5.74, 6) is 0. The number of hydrogen-bond donors (Lipinski definition) is 0. The molecular formula is C48H35N. The molecule has 8 aromatic rings. The first-order valence-corrected chi connectivity index (χ1v) is 16.8. The summed E-state index contributed by atoms with van der Waals surface area (Å²) in [5, 5.41) is 0. The number of nitrogens with zero attached hydrogens (tertiary/aromatic N) is 1. The van der Waals surface area contributed by atoms with Crippen molar-refractivity contribution in [2.24, 2.45) is 0 Å². The van der Waals surface area contributed by atoms with E-state index in [2.05, 4.69) is 217 Å². The predicted molar refractivity (Wildman–Crippen MR) is 208 cm³/mol. The summed E-state index contributed by atoms with van der Waals surface area (Å²) >= 11 is 0. The molecule has 0 unspecified atom stereocenters. The standard InChI is InChI=1S/C48H35N/c1-4-14-36(15-5-1)38-26-30-45(31-27-38)49(44-22-8-3-9-23-44)46-32-28-39(29-33-46)41-19-13-21-43(35-41)48-25-11-10-24-47(48)42-20-12-18-40(34-42)37-16-6-2-7-17-37/h1-35H. The summed E-state index contributed by atoms with van der Waals surface area (Å²) in [6.45, 7) is 0. The van der Waals surface area contributed by atoms with Gasteiger partial charge >= 0.3 is 0 Å². The Hall–Kier alpha value is -6.44. The molecule has 0 saturated carbocycles. The molecule has 1 nitrogen and oxygen atoms in total. The van der Waals surface area contributed by atoms with Gasteiger partial charge in [-0.1, -0.05) is 164 Å². The second-order valence-electron chi connectivity index (χ2n) is 12.2. The van der Waals surface area contributed by atoms with Crippen LogP contribution in [0.4, 0.5) is 17.1 Å². The molecule has 0 bridgehead atoms. The maximum atomic E-state index is 2.31. The molecule has 8 aromatic carbocycles. The van der Waals surface area contributed by atoms with Crippen molar-refractivity contribution in [2.75, 3.05) is 4.90 Å². The lowest BCUT2D eigenvalue weighted by Crippen LogP contribution is -2.09. The molecule has 0 aromatic heterocycles. The van der Waals surface area contributed by atoms with Crippen LogP contribution in [0.5, 0.6) is 0 Å². The van der Waals surface area contributed by atoms with Gasteiger partial charge in [0.15, 0.2) is 0 Å². The van der Waals surface area contributed by atoms with Crippen molar-refractivity contribution in [3.63, 3.8) is 0 Å². The summed E-state index contributed by atoms with van der Waals surface area (Å²) in [4.78, 5) is 2.31. The van der Waals surface area contributed by atoms with Crippen LogP contribution in [-0.2, 0) is 0 Å². The fourth-order valence-corrected chi connectivity index (χ4v) is 6.61. The Morgan fingerprint density at radius 1 is 0.204 bits per heavy atom. The van der Waals surface area contributed by atoms with Crippen molar-refractivity contribution in [1.82, 2.24) is 0 Å². The van der Waals surface area contributed by atoms with Crippen molar-refractivity contribution in [3.05, 3.63) is 212 Å². The van der Waals surface area contributed by atoms with E-state index in [9.17, 15) is 0 Å². The number of para-hydroxylation sites is 1. The van der Waals surface area contributed by atoms with Crippen LogP contribution >= 0.6 is 0 Å². The zero-order valence-corrected chi connectivity index (χ0v) is 27.2. The number of hydrogen-bond acceptors (Lipinski definition) is 1. The number of benzene rings is 8. The zero-order chi connectivity index (χ0) is 32.8. The van der Waals surface area contributed by atoms with Crippen molar-refractivity contribution in [1.29, 1.82) is 0 Å². The molecule has 0 aliphatic carbocycles. The van der Waals surface area contributed by atoms with E-state index in [-0.39, 0.29) is 0 Å². The van der Waals surface area contributed by atoms with Gasteiger partial charge in [0.05, 0.1) is 0 Å². The highest BCUT2D eigenvalue weighted by Gasteiger charge is 2.14.